The molecule has 4 heterocycles. The number of aryl methyl sites for hydroxylation is 1. The molecule has 1 amide bonds. The number of anilines is 1. The van der Waals surface area contributed by atoms with E-state index in [4.69, 9.17) is 4.74 Å². The third-order valence-electron chi connectivity index (χ3n) is 7.02. The zero-order chi connectivity index (χ0) is 28.8. The van der Waals surface area contributed by atoms with E-state index in [1.807, 2.05) is 41.9 Å². The van der Waals surface area contributed by atoms with E-state index in [2.05, 4.69) is 21.1 Å². The van der Waals surface area contributed by atoms with Crippen molar-refractivity contribution in [2.24, 2.45) is 7.05 Å². The molecular weight excluding hydrogens is 525 g/mol. The minimum absolute atomic E-state index is 0.144. The van der Waals surface area contributed by atoms with E-state index in [-0.39, 0.29) is 19.1 Å². The van der Waals surface area contributed by atoms with Crippen LogP contribution >= 0.6 is 0 Å². The quantitative estimate of drug-likeness (QED) is 0.362. The summed E-state index contributed by atoms with van der Waals surface area (Å²) in [7, 11) is 1.82. The summed E-state index contributed by atoms with van der Waals surface area (Å²) in [5.74, 6) is 0.621. The van der Waals surface area contributed by atoms with E-state index in [9.17, 15) is 23.2 Å². The lowest BCUT2D eigenvalue weighted by atomic mass is 10.1. The van der Waals surface area contributed by atoms with Crippen LogP contribution in [0.2, 0.25) is 0 Å². The third kappa shape index (κ3) is 4.81. The van der Waals surface area contributed by atoms with Crippen LogP contribution in [0, 0.1) is 11.3 Å². The minimum atomic E-state index is -4.69. The number of alkyl halides is 3. The van der Waals surface area contributed by atoms with E-state index in [0.717, 1.165) is 36.0 Å². The van der Waals surface area contributed by atoms with Crippen molar-refractivity contribution in [2.75, 3.05) is 24.5 Å². The number of hydrogen-bond donors (Lipinski definition) is 0. The second kappa shape index (κ2) is 9.86. The first-order valence-electron chi connectivity index (χ1n) is 12.6. The fraction of sp³-hybridized carbons (Fsp3) is 0.370. The first-order valence-corrected chi connectivity index (χ1v) is 12.6. The number of hydrogen-bond acceptors (Lipinski definition) is 7. The van der Waals surface area contributed by atoms with Crippen molar-refractivity contribution in [3.8, 4) is 22.9 Å². The number of rotatable bonds is 4. The molecule has 0 saturated carbocycles. The van der Waals surface area contributed by atoms with Crippen molar-refractivity contribution in [1.82, 2.24) is 29.2 Å². The van der Waals surface area contributed by atoms with Gasteiger partial charge >= 0.3 is 12.3 Å². The largest absolute Gasteiger partial charge is 0.434 e. The number of carbonyl (C=O) groups is 1. The Morgan fingerprint density at radius 2 is 1.95 bits per heavy atom. The third-order valence-corrected chi connectivity index (χ3v) is 7.02. The van der Waals surface area contributed by atoms with Gasteiger partial charge in [-0.15, -0.1) is 0 Å². The van der Waals surface area contributed by atoms with Crippen molar-refractivity contribution < 1.29 is 22.7 Å². The van der Waals surface area contributed by atoms with Gasteiger partial charge in [0.05, 0.1) is 23.2 Å². The van der Waals surface area contributed by atoms with Gasteiger partial charge in [0, 0.05) is 61.9 Å². The van der Waals surface area contributed by atoms with Gasteiger partial charge in [0.2, 0.25) is 5.60 Å². The average Bonchev–Trinajstić information content (AvgIpc) is 3.51. The Kier molecular flexibility index (Phi) is 6.65. The Balaban J connectivity index is 1.53. The molecule has 0 bridgehead atoms. The second-order valence-electron chi connectivity index (χ2n) is 10.2. The van der Waals surface area contributed by atoms with Crippen molar-refractivity contribution in [2.45, 2.75) is 38.6 Å². The smallest absolute Gasteiger partial charge is 0.427 e. The molecule has 0 aliphatic carbocycles. The summed E-state index contributed by atoms with van der Waals surface area (Å²) in [6.45, 7) is 4.15. The first kappa shape index (κ1) is 27.0. The van der Waals surface area contributed by atoms with Crippen LogP contribution in [-0.4, -0.2) is 72.8 Å². The maximum absolute atomic E-state index is 13.3. The van der Waals surface area contributed by atoms with Gasteiger partial charge in [-0.05, 0) is 39.0 Å². The predicted octanol–water partition coefficient (Wildman–Crippen LogP) is 4.68. The highest BCUT2D eigenvalue weighted by atomic mass is 19.4. The number of halogens is 3. The zero-order valence-corrected chi connectivity index (χ0v) is 22.3. The lowest BCUT2D eigenvalue weighted by Gasteiger charge is -2.41. The molecule has 1 aliphatic heterocycles. The monoisotopic (exact) mass is 552 g/mol. The molecular formula is C27H27F3N8O2. The Morgan fingerprint density at radius 1 is 1.18 bits per heavy atom. The molecule has 4 aromatic rings. The number of nitriles is 1. The van der Waals surface area contributed by atoms with E-state index in [1.54, 1.807) is 29.1 Å². The molecule has 0 radical (unpaired) electrons. The minimum Gasteiger partial charge on any atom is -0.434 e. The molecule has 1 fully saturated rings. The van der Waals surface area contributed by atoms with Gasteiger partial charge in [0.15, 0.2) is 5.65 Å². The lowest BCUT2D eigenvalue weighted by molar-refractivity contribution is -0.246. The molecule has 10 nitrogen and oxygen atoms in total. The molecule has 5 rings (SSSR count). The molecule has 13 heteroatoms. The van der Waals surface area contributed by atoms with E-state index in [1.165, 1.54) is 11.2 Å². The molecule has 0 N–H and O–H groups in total. The van der Waals surface area contributed by atoms with Crippen LogP contribution in [0.15, 0.2) is 49.2 Å². The normalized spacial score (nSPS) is 16.3. The maximum Gasteiger partial charge on any atom is 0.427 e. The van der Waals surface area contributed by atoms with Crippen molar-refractivity contribution in [3.63, 3.8) is 0 Å². The Morgan fingerprint density at radius 3 is 2.60 bits per heavy atom. The Hall–Kier alpha value is -4.60. The second-order valence-corrected chi connectivity index (χ2v) is 10.2. The van der Waals surface area contributed by atoms with Crippen molar-refractivity contribution in [1.29, 1.82) is 5.26 Å². The summed E-state index contributed by atoms with van der Waals surface area (Å²) in [6, 6.07) is 9.03. The summed E-state index contributed by atoms with van der Waals surface area (Å²) in [4.78, 5) is 25.1. The standard InChI is InChI=1S/C27H27F3N8O2/c1-17-13-36(25(39)40-26(2,3)27(28,29)30)8-9-37(17)23-22-21(19-12-34-35(4)14-19)15-38(24(22)33-16-32-23)20-7-5-6-18(10-20)11-31/h5-7,10,12,14-17H,8-9,13H2,1-4H3/t17-/m0/s1. The number of nitrogens with zero attached hydrogens (tertiary/aromatic N) is 8. The van der Waals surface area contributed by atoms with E-state index < -0.39 is 17.9 Å². The van der Waals surface area contributed by atoms with Crippen LogP contribution in [0.1, 0.15) is 26.3 Å². The number of amides is 1. The Labute approximate surface area is 228 Å². The van der Waals surface area contributed by atoms with Gasteiger partial charge in [-0.3, -0.25) is 4.68 Å². The molecule has 3 aromatic heterocycles. The zero-order valence-electron chi connectivity index (χ0n) is 22.3. The number of fused-ring (bicyclic) bond motifs is 1. The van der Waals surface area contributed by atoms with Gasteiger partial charge in [0.1, 0.15) is 12.1 Å². The van der Waals surface area contributed by atoms with Crippen LogP contribution in [0.25, 0.3) is 27.8 Å². The number of piperazine rings is 1. The topological polar surface area (TPSA) is 105 Å². The van der Waals surface area contributed by atoms with Crippen LogP contribution in [0.3, 0.4) is 0 Å². The van der Waals surface area contributed by atoms with Gasteiger partial charge in [-0.25, -0.2) is 14.8 Å². The first-order chi connectivity index (χ1) is 18.9. The SMILES string of the molecule is C[C@H]1CN(C(=O)OC(C)(C)C(F)(F)F)CCN1c1ncnc2c1c(-c1cnn(C)c1)cn2-c1cccc(C#N)c1. The molecule has 1 aliphatic rings. The molecule has 1 aromatic carbocycles. The lowest BCUT2D eigenvalue weighted by Crippen LogP contribution is -2.56. The summed E-state index contributed by atoms with van der Waals surface area (Å²) in [5.41, 5.74) is 0.914. The fourth-order valence-corrected chi connectivity index (χ4v) is 4.74. The molecule has 40 heavy (non-hydrogen) atoms. The fourth-order valence-electron chi connectivity index (χ4n) is 4.74. The van der Waals surface area contributed by atoms with Crippen molar-refractivity contribution in [3.05, 3.63) is 54.7 Å². The molecule has 0 spiro atoms. The van der Waals surface area contributed by atoms with Crippen LogP contribution in [0.4, 0.5) is 23.8 Å². The van der Waals surface area contributed by atoms with Gasteiger partial charge in [-0.1, -0.05) is 6.07 Å². The molecule has 1 atom stereocenters. The highest BCUT2D eigenvalue weighted by Crippen LogP contribution is 2.38. The van der Waals surface area contributed by atoms with Crippen molar-refractivity contribution >= 4 is 22.9 Å². The summed E-state index contributed by atoms with van der Waals surface area (Å²) < 4.78 is 48.2. The van der Waals surface area contributed by atoms with Crippen LogP contribution < -0.4 is 4.90 Å². The van der Waals surface area contributed by atoms with Gasteiger partial charge < -0.3 is 19.1 Å². The van der Waals surface area contributed by atoms with Crippen LogP contribution in [-0.2, 0) is 11.8 Å². The van der Waals surface area contributed by atoms with E-state index in [0.29, 0.717) is 23.6 Å². The summed E-state index contributed by atoms with van der Waals surface area (Å²) >= 11 is 0. The highest BCUT2D eigenvalue weighted by Gasteiger charge is 2.51. The number of benzene rings is 1. The van der Waals surface area contributed by atoms with Gasteiger partial charge in [0.25, 0.3) is 0 Å². The average molecular weight is 553 g/mol. The van der Waals surface area contributed by atoms with Gasteiger partial charge in [-0.2, -0.15) is 23.5 Å². The predicted molar refractivity (Wildman–Crippen MR) is 141 cm³/mol. The highest BCUT2D eigenvalue weighted by molar-refractivity contribution is 6.02. The maximum atomic E-state index is 13.3. The Bertz CT molecular complexity index is 1620. The number of aromatic nitrogens is 5. The molecule has 0 unspecified atom stereocenters. The van der Waals surface area contributed by atoms with E-state index >= 15 is 0 Å². The number of carbonyl (C=O) groups excluding carboxylic acids is 1. The molecule has 208 valence electrons. The summed E-state index contributed by atoms with van der Waals surface area (Å²) in [5, 5.41) is 14.5. The number of ether oxygens (including phenoxy) is 1. The van der Waals surface area contributed by atoms with Crippen LogP contribution in [0.5, 0.6) is 0 Å². The summed E-state index contributed by atoms with van der Waals surface area (Å²) in [6.07, 6.45) is 1.29. The molecule has 1 saturated heterocycles.